The van der Waals surface area contributed by atoms with Crippen LogP contribution in [0.25, 0.3) is 0 Å². The average Bonchev–Trinajstić information content (AvgIpc) is 2.72. The number of alkyl halides is 1. The molecule has 0 bridgehead atoms. The van der Waals surface area contributed by atoms with E-state index in [2.05, 4.69) is 0 Å². The fraction of sp³-hybridized carbons (Fsp3) is 0.950. The summed E-state index contributed by atoms with van der Waals surface area (Å²) in [5, 5.41) is 21.9. The molecule has 4 heteroatoms. The molecule has 3 unspecified atom stereocenters. The van der Waals surface area contributed by atoms with Crippen molar-refractivity contribution >= 4 is 5.78 Å². The number of carbonyl (C=O) groups is 1. The van der Waals surface area contributed by atoms with Crippen molar-refractivity contribution in [3.05, 3.63) is 0 Å². The number of aliphatic hydroxyl groups is 2. The molecule has 4 saturated carbocycles. The summed E-state index contributed by atoms with van der Waals surface area (Å²) in [6, 6.07) is 0. The molecule has 4 fully saturated rings. The molecule has 4 aliphatic carbocycles. The highest BCUT2D eigenvalue weighted by Gasteiger charge is 2.73. The summed E-state index contributed by atoms with van der Waals surface area (Å²) in [6.07, 6.45) is 3.89. The van der Waals surface area contributed by atoms with Crippen molar-refractivity contribution in [1.29, 1.82) is 0 Å². The van der Waals surface area contributed by atoms with Gasteiger partial charge in [-0.05, 0) is 63.2 Å². The predicted molar refractivity (Wildman–Crippen MR) is 89.1 cm³/mol. The van der Waals surface area contributed by atoms with Crippen LogP contribution in [-0.4, -0.2) is 33.4 Å². The number of halogens is 1. The number of carbonyl (C=O) groups excluding carboxylic acids is 1. The van der Waals surface area contributed by atoms with Gasteiger partial charge in [0.1, 0.15) is 11.5 Å². The SMILES string of the molecule is CC1(O)CC[C@H]2[C@@H]3CCC4CC(=O)CC[C@]4(C)[C@@]3(F)C(O)C[C@@]21C. The molecule has 0 aromatic rings. The van der Waals surface area contributed by atoms with Crippen LogP contribution in [0.2, 0.25) is 0 Å². The lowest BCUT2D eigenvalue weighted by Crippen LogP contribution is -2.70. The second-order valence-electron chi connectivity index (χ2n) is 9.87. The molecule has 0 aliphatic heterocycles. The Morgan fingerprint density at radius 2 is 1.75 bits per heavy atom. The molecule has 0 aromatic heterocycles. The number of hydrogen-bond donors (Lipinski definition) is 2. The highest BCUT2D eigenvalue weighted by atomic mass is 19.1. The summed E-state index contributed by atoms with van der Waals surface area (Å²) in [5.74, 6) is 0.227. The van der Waals surface area contributed by atoms with Crippen molar-refractivity contribution in [2.24, 2.45) is 28.6 Å². The van der Waals surface area contributed by atoms with Crippen LogP contribution in [0, 0.1) is 28.6 Å². The quantitative estimate of drug-likeness (QED) is 0.711. The van der Waals surface area contributed by atoms with Gasteiger partial charge in [-0.2, -0.15) is 0 Å². The van der Waals surface area contributed by atoms with Crippen molar-refractivity contribution in [2.75, 3.05) is 0 Å². The summed E-state index contributed by atoms with van der Waals surface area (Å²) in [5.41, 5.74) is -3.49. The minimum Gasteiger partial charge on any atom is -0.390 e. The van der Waals surface area contributed by atoms with Crippen LogP contribution in [0.3, 0.4) is 0 Å². The van der Waals surface area contributed by atoms with Gasteiger partial charge < -0.3 is 10.2 Å². The lowest BCUT2D eigenvalue weighted by atomic mass is 9.42. The number of ketones is 1. The molecule has 0 heterocycles. The van der Waals surface area contributed by atoms with Crippen molar-refractivity contribution in [2.45, 2.75) is 89.5 Å². The van der Waals surface area contributed by atoms with Crippen molar-refractivity contribution in [3.63, 3.8) is 0 Å². The van der Waals surface area contributed by atoms with E-state index in [1.54, 1.807) is 0 Å². The number of rotatable bonds is 0. The molecule has 2 N–H and O–H groups in total. The number of aliphatic hydroxyl groups excluding tert-OH is 1. The lowest BCUT2D eigenvalue weighted by molar-refractivity contribution is -0.254. The van der Waals surface area contributed by atoms with Crippen molar-refractivity contribution < 1.29 is 19.4 Å². The molecule has 4 rings (SSSR count). The van der Waals surface area contributed by atoms with E-state index in [1.807, 2.05) is 20.8 Å². The summed E-state index contributed by atoms with van der Waals surface area (Å²) >= 11 is 0. The molecule has 0 saturated heterocycles. The molecule has 0 amide bonds. The van der Waals surface area contributed by atoms with E-state index in [0.717, 1.165) is 19.3 Å². The number of Topliss-reactive ketones (excluding diaryl/α,β-unsaturated/α-hetero) is 1. The number of hydrogen-bond acceptors (Lipinski definition) is 3. The van der Waals surface area contributed by atoms with Gasteiger partial charge >= 0.3 is 0 Å². The van der Waals surface area contributed by atoms with Crippen LogP contribution in [0.5, 0.6) is 0 Å². The summed E-state index contributed by atoms with van der Waals surface area (Å²) in [4.78, 5) is 11.9. The Labute approximate surface area is 144 Å². The smallest absolute Gasteiger partial charge is 0.145 e. The van der Waals surface area contributed by atoms with E-state index in [9.17, 15) is 15.0 Å². The maximum absolute atomic E-state index is 16.7. The minimum absolute atomic E-state index is 0.0564. The van der Waals surface area contributed by atoms with Gasteiger partial charge in [0.25, 0.3) is 0 Å². The maximum atomic E-state index is 16.7. The zero-order valence-corrected chi connectivity index (χ0v) is 15.1. The second kappa shape index (κ2) is 4.82. The zero-order valence-electron chi connectivity index (χ0n) is 15.1. The standard InChI is InChI=1S/C20H31FO3/c1-17-8-6-13(22)10-12(17)4-5-15-14-7-9-19(3,24)18(14,2)11-16(23)20(15,17)21/h12,14-16,23-24H,4-11H2,1-3H3/t12?,14-,15-,16?,17-,18-,19?,20-/m0/s1. The Kier molecular flexibility index (Phi) is 3.41. The molecule has 3 nitrogen and oxygen atoms in total. The lowest BCUT2D eigenvalue weighted by Gasteiger charge is -2.65. The molecule has 8 atom stereocenters. The van der Waals surface area contributed by atoms with Crippen LogP contribution in [0.4, 0.5) is 4.39 Å². The van der Waals surface area contributed by atoms with E-state index < -0.39 is 28.2 Å². The highest BCUT2D eigenvalue weighted by Crippen LogP contribution is 2.70. The Bertz CT molecular complexity index is 575. The molecule has 0 spiro atoms. The normalized spacial score (nSPS) is 60.3. The Balaban J connectivity index is 1.77. The van der Waals surface area contributed by atoms with E-state index in [1.165, 1.54) is 0 Å². The van der Waals surface area contributed by atoms with Crippen molar-refractivity contribution in [1.82, 2.24) is 0 Å². The molecule has 0 radical (unpaired) electrons. The zero-order chi connectivity index (χ0) is 17.5. The summed E-state index contributed by atoms with van der Waals surface area (Å²) in [6.45, 7) is 5.89. The Morgan fingerprint density at radius 1 is 1.04 bits per heavy atom. The van der Waals surface area contributed by atoms with E-state index in [0.29, 0.717) is 32.1 Å². The number of fused-ring (bicyclic) bond motifs is 5. The first kappa shape index (κ1) is 17.0. The van der Waals surface area contributed by atoms with Gasteiger partial charge in [-0.3, -0.25) is 4.79 Å². The Hall–Kier alpha value is -0.480. The van der Waals surface area contributed by atoms with E-state index in [-0.39, 0.29) is 23.5 Å². The molecular formula is C20H31FO3. The maximum Gasteiger partial charge on any atom is 0.145 e. The summed E-state index contributed by atoms with van der Waals surface area (Å²) in [7, 11) is 0. The third kappa shape index (κ3) is 1.77. The van der Waals surface area contributed by atoms with Gasteiger partial charge in [0, 0.05) is 23.7 Å². The van der Waals surface area contributed by atoms with Gasteiger partial charge in [-0.25, -0.2) is 4.39 Å². The fourth-order valence-corrected chi connectivity index (χ4v) is 7.27. The minimum atomic E-state index is -1.62. The van der Waals surface area contributed by atoms with Crippen LogP contribution in [0.15, 0.2) is 0 Å². The van der Waals surface area contributed by atoms with Crippen LogP contribution >= 0.6 is 0 Å². The van der Waals surface area contributed by atoms with Crippen LogP contribution < -0.4 is 0 Å². The molecule has 0 aromatic carbocycles. The van der Waals surface area contributed by atoms with Crippen LogP contribution in [-0.2, 0) is 4.79 Å². The highest BCUT2D eigenvalue weighted by molar-refractivity contribution is 5.79. The van der Waals surface area contributed by atoms with Gasteiger partial charge in [0.15, 0.2) is 0 Å². The van der Waals surface area contributed by atoms with E-state index in [4.69, 9.17) is 0 Å². The first-order valence-electron chi connectivity index (χ1n) is 9.67. The van der Waals surface area contributed by atoms with Gasteiger partial charge in [-0.15, -0.1) is 0 Å². The predicted octanol–water partition coefficient (Wildman–Crippen LogP) is 3.41. The molecule has 4 aliphatic rings. The van der Waals surface area contributed by atoms with E-state index >= 15 is 4.39 Å². The van der Waals surface area contributed by atoms with Crippen molar-refractivity contribution in [3.8, 4) is 0 Å². The molecule has 136 valence electrons. The first-order chi connectivity index (χ1) is 11.1. The van der Waals surface area contributed by atoms with Gasteiger partial charge in [0.2, 0.25) is 0 Å². The molecule has 24 heavy (non-hydrogen) atoms. The second-order valence-corrected chi connectivity index (χ2v) is 9.87. The first-order valence-corrected chi connectivity index (χ1v) is 9.67. The molecular weight excluding hydrogens is 307 g/mol. The van der Waals surface area contributed by atoms with Gasteiger partial charge in [-0.1, -0.05) is 13.8 Å². The topological polar surface area (TPSA) is 57.5 Å². The largest absolute Gasteiger partial charge is 0.390 e. The third-order valence-electron chi connectivity index (χ3n) is 9.12. The van der Waals surface area contributed by atoms with Gasteiger partial charge in [0.05, 0.1) is 11.7 Å². The fourth-order valence-electron chi connectivity index (χ4n) is 7.27. The average molecular weight is 338 g/mol. The monoisotopic (exact) mass is 338 g/mol. The third-order valence-corrected chi connectivity index (χ3v) is 9.12. The van der Waals surface area contributed by atoms with Crippen LogP contribution in [0.1, 0.15) is 72.1 Å². The Morgan fingerprint density at radius 3 is 2.46 bits per heavy atom. The summed E-state index contributed by atoms with van der Waals surface area (Å²) < 4.78 is 16.7.